The Balaban J connectivity index is 1.66. The number of aryl methyl sites for hydroxylation is 1. The molecule has 4 aromatic rings. The molecule has 34 heavy (non-hydrogen) atoms. The second-order valence-corrected chi connectivity index (χ2v) is 8.04. The van der Waals surface area contributed by atoms with Crippen molar-refractivity contribution < 1.29 is 18.1 Å². The number of aromatic nitrogens is 2. The smallest absolute Gasteiger partial charge is 0.327 e. The maximum absolute atomic E-state index is 14.0. The van der Waals surface area contributed by atoms with Crippen molar-refractivity contribution in [1.82, 2.24) is 15.5 Å². The van der Waals surface area contributed by atoms with Crippen LogP contribution < -0.4 is 10.2 Å². The molecule has 0 aliphatic carbocycles. The van der Waals surface area contributed by atoms with Crippen LogP contribution in [-0.4, -0.2) is 16.2 Å². The van der Waals surface area contributed by atoms with Gasteiger partial charge in [0.15, 0.2) is 0 Å². The van der Waals surface area contributed by atoms with E-state index in [4.69, 9.17) is 4.52 Å². The maximum Gasteiger partial charge on any atom is 0.327 e. The molecule has 1 N–H and O–H groups in total. The number of anilines is 1. The number of urea groups is 1. The minimum atomic E-state index is -0.585. The average molecular weight is 458 g/mol. The first kappa shape index (κ1) is 21.5. The second-order valence-electron chi connectivity index (χ2n) is 8.04. The number of hydrogen-bond acceptors (Lipinski definition) is 4. The largest absolute Gasteiger partial charge is 0.334 e. The monoisotopic (exact) mass is 458 g/mol. The Morgan fingerprint density at radius 1 is 0.941 bits per heavy atom. The lowest BCUT2D eigenvalue weighted by molar-refractivity contribution is 0.244. The highest BCUT2D eigenvalue weighted by molar-refractivity contribution is 6.01. The molecule has 2 amide bonds. The summed E-state index contributed by atoms with van der Waals surface area (Å²) in [5, 5.41) is 7.01. The minimum Gasteiger partial charge on any atom is -0.334 e. The lowest BCUT2D eigenvalue weighted by atomic mass is 9.94. The second kappa shape index (κ2) is 8.55. The number of nitrogens with zero attached hydrogens (tertiary/aromatic N) is 3. The molecule has 1 aliphatic heterocycles. The third kappa shape index (κ3) is 3.94. The van der Waals surface area contributed by atoms with Crippen LogP contribution in [0.4, 0.5) is 19.3 Å². The summed E-state index contributed by atoms with van der Waals surface area (Å²) < 4.78 is 33.3. The maximum atomic E-state index is 14.0. The fourth-order valence-electron chi connectivity index (χ4n) is 4.03. The van der Waals surface area contributed by atoms with E-state index in [0.717, 1.165) is 11.1 Å². The van der Waals surface area contributed by atoms with Crippen molar-refractivity contribution >= 4 is 17.3 Å². The van der Waals surface area contributed by atoms with Crippen molar-refractivity contribution in [3.05, 3.63) is 107 Å². The number of rotatable bonds is 4. The van der Waals surface area contributed by atoms with Gasteiger partial charge in [-0.1, -0.05) is 53.2 Å². The van der Waals surface area contributed by atoms with Crippen molar-refractivity contribution in [2.45, 2.75) is 19.9 Å². The van der Waals surface area contributed by atoms with Gasteiger partial charge in [-0.25, -0.2) is 13.6 Å². The van der Waals surface area contributed by atoms with Crippen LogP contribution >= 0.6 is 0 Å². The molecule has 1 unspecified atom stereocenters. The lowest BCUT2D eigenvalue weighted by Crippen LogP contribution is -2.46. The number of benzene rings is 3. The number of carbonyl (C=O) groups is 1. The number of allylic oxidation sites excluding steroid dienone is 1. The van der Waals surface area contributed by atoms with E-state index < -0.39 is 23.7 Å². The van der Waals surface area contributed by atoms with Gasteiger partial charge >= 0.3 is 6.03 Å². The molecular weight excluding hydrogens is 438 g/mol. The normalized spacial score (nSPS) is 16.1. The molecule has 8 heteroatoms. The molecule has 6 nitrogen and oxygen atoms in total. The third-order valence-corrected chi connectivity index (χ3v) is 5.70. The van der Waals surface area contributed by atoms with Crippen LogP contribution in [0.25, 0.3) is 17.0 Å². The highest BCUT2D eigenvalue weighted by Crippen LogP contribution is 2.39. The van der Waals surface area contributed by atoms with E-state index in [-0.39, 0.29) is 11.7 Å². The molecule has 0 spiro atoms. The summed E-state index contributed by atoms with van der Waals surface area (Å²) in [6.07, 6.45) is 0. The zero-order valence-corrected chi connectivity index (χ0v) is 18.4. The van der Waals surface area contributed by atoms with Crippen LogP contribution in [0.5, 0.6) is 0 Å². The Kier molecular flexibility index (Phi) is 5.41. The Hall–Kier alpha value is -4.33. The van der Waals surface area contributed by atoms with Crippen LogP contribution in [-0.2, 0) is 0 Å². The summed E-state index contributed by atoms with van der Waals surface area (Å²) in [6.45, 7) is 3.71. The molecule has 0 saturated heterocycles. The van der Waals surface area contributed by atoms with Gasteiger partial charge in [0, 0.05) is 11.3 Å². The van der Waals surface area contributed by atoms with Crippen LogP contribution in [0.1, 0.15) is 30.0 Å². The standard InChI is InChI=1S/C26H20F2N4O2/c1-15-9-11-17(12-10-15)23-22(25-30-24(31-34-25)18-5-3-6-19(27)13-18)16(2)32(26(33)29-23)21-8-4-7-20(28)14-21/h3-14,23H,1-2H3,(H,29,33). The minimum absolute atomic E-state index is 0.170. The molecule has 3 aromatic carbocycles. The van der Waals surface area contributed by atoms with Crippen molar-refractivity contribution in [3.63, 3.8) is 0 Å². The van der Waals surface area contributed by atoms with Crippen LogP contribution in [0.3, 0.4) is 0 Å². The highest BCUT2D eigenvalue weighted by atomic mass is 19.1. The molecule has 0 fully saturated rings. The zero-order valence-electron chi connectivity index (χ0n) is 18.4. The zero-order chi connectivity index (χ0) is 23.8. The van der Waals surface area contributed by atoms with E-state index in [0.29, 0.717) is 22.5 Å². The molecule has 0 saturated carbocycles. The van der Waals surface area contributed by atoms with Gasteiger partial charge in [0.2, 0.25) is 5.82 Å². The summed E-state index contributed by atoms with van der Waals surface area (Å²) in [7, 11) is 0. The van der Waals surface area contributed by atoms with Crippen LogP contribution in [0, 0.1) is 18.6 Å². The molecule has 170 valence electrons. The van der Waals surface area contributed by atoms with Crippen molar-refractivity contribution in [3.8, 4) is 11.4 Å². The average Bonchev–Trinajstić information content (AvgIpc) is 3.29. The van der Waals surface area contributed by atoms with Gasteiger partial charge in [0.05, 0.1) is 17.3 Å². The first-order valence-electron chi connectivity index (χ1n) is 10.6. The quantitative estimate of drug-likeness (QED) is 0.406. The topological polar surface area (TPSA) is 71.3 Å². The molecule has 0 bridgehead atoms. The lowest BCUT2D eigenvalue weighted by Gasteiger charge is -2.35. The van der Waals surface area contributed by atoms with E-state index in [1.807, 2.05) is 31.2 Å². The van der Waals surface area contributed by atoms with E-state index in [2.05, 4.69) is 15.5 Å². The molecule has 5 rings (SSSR count). The third-order valence-electron chi connectivity index (χ3n) is 5.70. The summed E-state index contributed by atoms with van der Waals surface area (Å²) in [5.74, 6) is -0.499. The van der Waals surface area contributed by atoms with E-state index in [1.54, 1.807) is 25.1 Å². The predicted molar refractivity (Wildman–Crippen MR) is 124 cm³/mol. The van der Waals surface area contributed by atoms with Crippen LogP contribution in [0.15, 0.2) is 83.0 Å². The first-order chi connectivity index (χ1) is 16.4. The highest BCUT2D eigenvalue weighted by Gasteiger charge is 2.36. The molecule has 2 heterocycles. The number of halogens is 2. The van der Waals surface area contributed by atoms with Crippen molar-refractivity contribution in [2.24, 2.45) is 0 Å². The van der Waals surface area contributed by atoms with Gasteiger partial charge in [-0.05, 0) is 49.7 Å². The van der Waals surface area contributed by atoms with E-state index in [1.165, 1.54) is 35.2 Å². The van der Waals surface area contributed by atoms with E-state index >= 15 is 0 Å². The van der Waals surface area contributed by atoms with E-state index in [9.17, 15) is 13.6 Å². The number of hydrogen-bond donors (Lipinski definition) is 1. The molecule has 1 aliphatic rings. The molecule has 1 aromatic heterocycles. The van der Waals surface area contributed by atoms with Crippen molar-refractivity contribution in [2.75, 3.05) is 4.90 Å². The van der Waals surface area contributed by atoms with Gasteiger partial charge in [-0.3, -0.25) is 4.90 Å². The number of carbonyl (C=O) groups excluding carboxylic acids is 1. The SMILES string of the molecule is CC1=C(c2nc(-c3cccc(F)c3)no2)C(c2ccc(C)cc2)NC(=O)N1c1cccc(F)c1. The summed E-state index contributed by atoms with van der Waals surface area (Å²) in [4.78, 5) is 19.0. The Labute approximate surface area is 194 Å². The summed E-state index contributed by atoms with van der Waals surface area (Å²) >= 11 is 0. The Morgan fingerprint density at radius 3 is 2.35 bits per heavy atom. The van der Waals surface area contributed by atoms with Gasteiger partial charge < -0.3 is 9.84 Å². The van der Waals surface area contributed by atoms with Gasteiger partial charge in [-0.2, -0.15) is 4.98 Å². The molecular formula is C26H20F2N4O2. The summed E-state index contributed by atoms with van der Waals surface area (Å²) in [5.41, 5.74) is 3.78. The first-order valence-corrected chi connectivity index (χ1v) is 10.6. The summed E-state index contributed by atoms with van der Waals surface area (Å²) in [6, 6.07) is 18.4. The van der Waals surface area contributed by atoms with Crippen LogP contribution in [0.2, 0.25) is 0 Å². The fourth-order valence-corrected chi connectivity index (χ4v) is 4.03. The van der Waals surface area contributed by atoms with Gasteiger partial charge in [0.1, 0.15) is 11.6 Å². The number of amides is 2. The Morgan fingerprint density at radius 2 is 1.65 bits per heavy atom. The Bertz CT molecular complexity index is 1410. The number of nitrogens with one attached hydrogen (secondary N) is 1. The van der Waals surface area contributed by atoms with Crippen molar-refractivity contribution in [1.29, 1.82) is 0 Å². The van der Waals surface area contributed by atoms with Gasteiger partial charge in [-0.15, -0.1) is 0 Å². The molecule has 1 atom stereocenters. The molecule has 0 radical (unpaired) electrons. The fraction of sp³-hybridized carbons (Fsp3) is 0.115. The van der Waals surface area contributed by atoms with Gasteiger partial charge in [0.25, 0.3) is 5.89 Å². The predicted octanol–water partition coefficient (Wildman–Crippen LogP) is 6.03.